The number of anilines is 2. The summed E-state index contributed by atoms with van der Waals surface area (Å²) in [6, 6.07) is 13.5. The van der Waals surface area contributed by atoms with E-state index in [-0.39, 0.29) is 0 Å². The lowest BCUT2D eigenvalue weighted by Crippen LogP contribution is -2.00. The Balaban J connectivity index is 2.01. The Morgan fingerprint density at radius 1 is 0.920 bits per heavy atom. The SMILES string of the molecule is COc1c(C)cc(-c2c(Cl)nc(Nc3ccccc3)nc2Cl)cc1C. The molecule has 0 saturated heterocycles. The molecule has 1 aromatic heterocycles. The highest BCUT2D eigenvalue weighted by atomic mass is 35.5. The van der Waals surface area contributed by atoms with Gasteiger partial charge in [0, 0.05) is 5.69 Å². The quantitative estimate of drug-likeness (QED) is 0.585. The van der Waals surface area contributed by atoms with Crippen molar-refractivity contribution in [1.29, 1.82) is 0 Å². The van der Waals surface area contributed by atoms with E-state index < -0.39 is 0 Å². The summed E-state index contributed by atoms with van der Waals surface area (Å²) in [5.41, 5.74) is 4.32. The second-order valence-corrected chi connectivity index (χ2v) is 6.35. The Morgan fingerprint density at radius 3 is 2.00 bits per heavy atom. The van der Waals surface area contributed by atoms with Gasteiger partial charge < -0.3 is 10.1 Å². The van der Waals surface area contributed by atoms with Crippen LogP contribution in [-0.4, -0.2) is 17.1 Å². The highest BCUT2D eigenvalue weighted by molar-refractivity contribution is 6.37. The van der Waals surface area contributed by atoms with Crippen molar-refractivity contribution in [3.8, 4) is 16.9 Å². The van der Waals surface area contributed by atoms with Gasteiger partial charge in [0.15, 0.2) is 0 Å². The maximum atomic E-state index is 6.41. The van der Waals surface area contributed by atoms with E-state index in [0.717, 1.165) is 28.1 Å². The van der Waals surface area contributed by atoms with Crippen LogP contribution in [0.2, 0.25) is 10.3 Å². The van der Waals surface area contributed by atoms with E-state index in [1.165, 1.54) is 0 Å². The summed E-state index contributed by atoms with van der Waals surface area (Å²) in [6.07, 6.45) is 0. The van der Waals surface area contributed by atoms with Gasteiger partial charge in [-0.1, -0.05) is 41.4 Å². The number of ether oxygens (including phenoxy) is 1. The summed E-state index contributed by atoms with van der Waals surface area (Å²) < 4.78 is 5.41. The maximum Gasteiger partial charge on any atom is 0.230 e. The van der Waals surface area contributed by atoms with E-state index in [1.54, 1.807) is 7.11 Å². The Hall–Kier alpha value is -2.30. The molecule has 25 heavy (non-hydrogen) atoms. The van der Waals surface area contributed by atoms with Gasteiger partial charge in [0.2, 0.25) is 5.95 Å². The van der Waals surface area contributed by atoms with Crippen LogP contribution in [0.5, 0.6) is 5.75 Å². The summed E-state index contributed by atoms with van der Waals surface area (Å²) in [5.74, 6) is 1.20. The van der Waals surface area contributed by atoms with Crippen molar-refractivity contribution < 1.29 is 4.74 Å². The van der Waals surface area contributed by atoms with E-state index in [9.17, 15) is 0 Å². The third-order valence-electron chi connectivity index (χ3n) is 3.80. The molecule has 2 aromatic carbocycles. The molecular formula is C19H17Cl2N3O. The zero-order valence-corrected chi connectivity index (χ0v) is 15.6. The molecule has 128 valence electrons. The second-order valence-electron chi connectivity index (χ2n) is 5.64. The fraction of sp³-hybridized carbons (Fsp3) is 0.158. The molecule has 0 fully saturated rings. The number of nitrogens with zero attached hydrogens (tertiary/aromatic N) is 2. The number of aromatic nitrogens is 2. The van der Waals surface area contributed by atoms with Crippen molar-refractivity contribution in [3.63, 3.8) is 0 Å². The lowest BCUT2D eigenvalue weighted by molar-refractivity contribution is 0.408. The molecule has 0 aliphatic rings. The van der Waals surface area contributed by atoms with E-state index in [1.807, 2.05) is 56.3 Å². The minimum atomic E-state index is 0.294. The van der Waals surface area contributed by atoms with Gasteiger partial charge in [0.25, 0.3) is 0 Å². The van der Waals surface area contributed by atoms with Crippen LogP contribution in [0.3, 0.4) is 0 Å². The van der Waals surface area contributed by atoms with Gasteiger partial charge in [-0.3, -0.25) is 0 Å². The van der Waals surface area contributed by atoms with Crippen molar-refractivity contribution in [1.82, 2.24) is 9.97 Å². The van der Waals surface area contributed by atoms with Crippen LogP contribution in [0.4, 0.5) is 11.6 Å². The molecular weight excluding hydrogens is 357 g/mol. The number of benzene rings is 2. The van der Waals surface area contributed by atoms with Gasteiger partial charge >= 0.3 is 0 Å². The van der Waals surface area contributed by atoms with E-state index in [4.69, 9.17) is 27.9 Å². The van der Waals surface area contributed by atoms with Crippen LogP contribution >= 0.6 is 23.2 Å². The largest absolute Gasteiger partial charge is 0.496 e. The topological polar surface area (TPSA) is 47.0 Å². The Morgan fingerprint density at radius 2 is 1.48 bits per heavy atom. The van der Waals surface area contributed by atoms with Crippen LogP contribution in [-0.2, 0) is 0 Å². The number of aryl methyl sites for hydroxylation is 2. The molecule has 0 aliphatic heterocycles. The molecule has 6 heteroatoms. The fourth-order valence-corrected chi connectivity index (χ4v) is 3.37. The smallest absolute Gasteiger partial charge is 0.230 e. The number of methoxy groups -OCH3 is 1. The number of rotatable bonds is 4. The molecule has 0 amide bonds. The Bertz CT molecular complexity index is 868. The summed E-state index contributed by atoms with van der Waals surface area (Å²) in [7, 11) is 1.65. The molecule has 1 heterocycles. The van der Waals surface area contributed by atoms with Crippen molar-refractivity contribution >= 4 is 34.8 Å². The molecule has 4 nitrogen and oxygen atoms in total. The van der Waals surface area contributed by atoms with Gasteiger partial charge in [-0.25, -0.2) is 9.97 Å². The predicted molar refractivity (Wildman–Crippen MR) is 103 cm³/mol. The first kappa shape index (κ1) is 17.5. The molecule has 1 N–H and O–H groups in total. The standard InChI is InChI=1S/C19H17Cl2N3O/c1-11-9-13(10-12(2)16(11)25-3)15-17(20)23-19(24-18(15)21)22-14-7-5-4-6-8-14/h4-10H,1-3H3,(H,22,23,24). The van der Waals surface area contributed by atoms with Gasteiger partial charge in [0.1, 0.15) is 16.1 Å². The second kappa shape index (κ2) is 7.30. The zero-order chi connectivity index (χ0) is 18.0. The molecule has 0 radical (unpaired) electrons. The predicted octanol–water partition coefficient (Wildman–Crippen LogP) is 5.82. The van der Waals surface area contributed by atoms with Crippen LogP contribution in [0.25, 0.3) is 11.1 Å². The third-order valence-corrected chi connectivity index (χ3v) is 4.35. The summed E-state index contributed by atoms with van der Waals surface area (Å²) in [4.78, 5) is 8.67. The zero-order valence-electron chi connectivity index (χ0n) is 14.1. The molecule has 0 saturated carbocycles. The molecule has 0 bridgehead atoms. The lowest BCUT2D eigenvalue weighted by atomic mass is 10.0. The minimum absolute atomic E-state index is 0.294. The Labute approximate surface area is 156 Å². The first-order valence-corrected chi connectivity index (χ1v) is 8.46. The number of nitrogens with one attached hydrogen (secondary N) is 1. The number of hydrogen-bond donors (Lipinski definition) is 1. The normalized spacial score (nSPS) is 10.6. The van der Waals surface area contributed by atoms with Gasteiger partial charge in [-0.05, 0) is 54.8 Å². The van der Waals surface area contributed by atoms with Gasteiger partial charge in [-0.2, -0.15) is 0 Å². The molecule has 0 spiro atoms. The average molecular weight is 374 g/mol. The molecule has 3 rings (SSSR count). The van der Waals surface area contributed by atoms with Gasteiger partial charge in [-0.15, -0.1) is 0 Å². The van der Waals surface area contributed by atoms with Crippen molar-refractivity contribution in [3.05, 3.63) is 63.9 Å². The van der Waals surface area contributed by atoms with Crippen LogP contribution in [0.15, 0.2) is 42.5 Å². The first-order chi connectivity index (χ1) is 12.0. The van der Waals surface area contributed by atoms with Crippen LogP contribution in [0.1, 0.15) is 11.1 Å². The van der Waals surface area contributed by atoms with E-state index in [2.05, 4.69) is 15.3 Å². The summed E-state index contributed by atoms with van der Waals surface area (Å²) in [6.45, 7) is 3.95. The minimum Gasteiger partial charge on any atom is -0.496 e. The molecule has 0 atom stereocenters. The number of para-hydroxylation sites is 1. The highest BCUT2D eigenvalue weighted by Crippen LogP contribution is 2.37. The van der Waals surface area contributed by atoms with E-state index in [0.29, 0.717) is 21.8 Å². The lowest BCUT2D eigenvalue weighted by Gasteiger charge is -2.14. The third kappa shape index (κ3) is 3.70. The first-order valence-electron chi connectivity index (χ1n) is 7.70. The van der Waals surface area contributed by atoms with Crippen molar-refractivity contribution in [2.45, 2.75) is 13.8 Å². The number of hydrogen-bond acceptors (Lipinski definition) is 4. The van der Waals surface area contributed by atoms with Crippen molar-refractivity contribution in [2.75, 3.05) is 12.4 Å². The fourth-order valence-electron chi connectivity index (χ4n) is 2.77. The molecule has 0 unspecified atom stereocenters. The van der Waals surface area contributed by atoms with Crippen molar-refractivity contribution in [2.24, 2.45) is 0 Å². The molecule has 0 aliphatic carbocycles. The Kier molecular flexibility index (Phi) is 5.11. The summed E-state index contributed by atoms with van der Waals surface area (Å²) >= 11 is 12.8. The van der Waals surface area contributed by atoms with Crippen LogP contribution < -0.4 is 10.1 Å². The van der Waals surface area contributed by atoms with E-state index >= 15 is 0 Å². The number of halogens is 2. The summed E-state index contributed by atoms with van der Waals surface area (Å²) in [5, 5.41) is 3.68. The maximum absolute atomic E-state index is 6.41. The average Bonchev–Trinajstić information content (AvgIpc) is 2.55. The molecule has 3 aromatic rings. The monoisotopic (exact) mass is 373 g/mol. The van der Waals surface area contributed by atoms with Crippen LogP contribution in [0, 0.1) is 13.8 Å². The highest BCUT2D eigenvalue weighted by Gasteiger charge is 2.16. The van der Waals surface area contributed by atoms with Gasteiger partial charge in [0.05, 0.1) is 12.7 Å².